The minimum absolute atomic E-state index is 0.420. The first-order chi connectivity index (χ1) is 13.7. The summed E-state index contributed by atoms with van der Waals surface area (Å²) in [5.74, 6) is 0.420. The highest BCUT2D eigenvalue weighted by atomic mass is 32.2. The smallest absolute Gasteiger partial charge is 0.371 e. The summed E-state index contributed by atoms with van der Waals surface area (Å²) >= 11 is 0. The average Bonchev–Trinajstić information content (AvgIpc) is 2.68. The van der Waals surface area contributed by atoms with E-state index in [-0.39, 0.29) is 0 Å². The van der Waals surface area contributed by atoms with Crippen molar-refractivity contribution in [3.05, 3.63) is 54.4 Å². The Morgan fingerprint density at radius 2 is 1.93 bits per heavy atom. The number of aromatic nitrogens is 1. The van der Waals surface area contributed by atoms with E-state index >= 15 is 0 Å². The van der Waals surface area contributed by atoms with E-state index in [1.807, 2.05) is 18.3 Å². The third kappa shape index (κ3) is 5.27. The Bertz CT molecular complexity index is 903. The number of alkyl halides is 3. The molecular formula is C20H24F3N3O2S. The highest BCUT2D eigenvalue weighted by molar-refractivity contribution is 7.92. The van der Waals surface area contributed by atoms with Crippen molar-refractivity contribution in [3.63, 3.8) is 0 Å². The molecule has 29 heavy (non-hydrogen) atoms. The molecular weight excluding hydrogens is 403 g/mol. The number of sulfone groups is 1. The van der Waals surface area contributed by atoms with Crippen molar-refractivity contribution in [2.24, 2.45) is 5.92 Å². The molecule has 0 radical (unpaired) electrons. The van der Waals surface area contributed by atoms with Crippen molar-refractivity contribution in [2.75, 3.05) is 31.6 Å². The summed E-state index contributed by atoms with van der Waals surface area (Å²) in [6.45, 7) is 3.28. The number of piperidine rings is 1. The SMILES string of the molecule is CN(Cc1cccnc1)C[C@H]1CCCN(c2ccc(S(=O)(=O)C(F)(F)F)cc2)C1. The molecule has 1 aromatic carbocycles. The fourth-order valence-electron chi connectivity index (χ4n) is 3.73. The van der Waals surface area contributed by atoms with Gasteiger partial charge in [0.1, 0.15) is 0 Å². The lowest BCUT2D eigenvalue weighted by atomic mass is 9.97. The van der Waals surface area contributed by atoms with Gasteiger partial charge in [0.15, 0.2) is 0 Å². The fourth-order valence-corrected chi connectivity index (χ4v) is 4.49. The third-order valence-electron chi connectivity index (χ3n) is 5.08. The second-order valence-electron chi connectivity index (χ2n) is 7.46. The Hall–Kier alpha value is -2.13. The summed E-state index contributed by atoms with van der Waals surface area (Å²) in [6, 6.07) is 8.94. The van der Waals surface area contributed by atoms with E-state index in [1.165, 1.54) is 12.1 Å². The van der Waals surface area contributed by atoms with Crippen LogP contribution in [0, 0.1) is 5.92 Å². The Morgan fingerprint density at radius 3 is 2.55 bits per heavy atom. The van der Waals surface area contributed by atoms with Gasteiger partial charge < -0.3 is 9.80 Å². The maximum atomic E-state index is 12.7. The lowest BCUT2D eigenvalue weighted by molar-refractivity contribution is -0.0436. The van der Waals surface area contributed by atoms with E-state index in [0.717, 1.165) is 62.4 Å². The predicted molar refractivity (Wildman–Crippen MR) is 105 cm³/mol. The van der Waals surface area contributed by atoms with Crippen LogP contribution in [-0.2, 0) is 16.4 Å². The predicted octanol–water partition coefficient (Wildman–Crippen LogP) is 3.72. The van der Waals surface area contributed by atoms with Crippen molar-refractivity contribution in [1.82, 2.24) is 9.88 Å². The van der Waals surface area contributed by atoms with Crippen molar-refractivity contribution in [1.29, 1.82) is 0 Å². The highest BCUT2D eigenvalue weighted by Gasteiger charge is 2.46. The van der Waals surface area contributed by atoms with E-state index in [4.69, 9.17) is 0 Å². The first-order valence-corrected chi connectivity index (χ1v) is 10.9. The molecule has 1 aliphatic heterocycles. The molecule has 1 aromatic heterocycles. The summed E-state index contributed by atoms with van der Waals surface area (Å²) in [5.41, 5.74) is -3.40. The minimum atomic E-state index is -5.31. The molecule has 3 rings (SSSR count). The van der Waals surface area contributed by atoms with E-state index in [1.54, 1.807) is 6.20 Å². The van der Waals surface area contributed by atoms with Crippen LogP contribution in [0.5, 0.6) is 0 Å². The molecule has 2 aromatic rings. The molecule has 1 fully saturated rings. The molecule has 9 heteroatoms. The van der Waals surface area contributed by atoms with Gasteiger partial charge in [-0.05, 0) is 61.7 Å². The Balaban J connectivity index is 1.62. The second-order valence-corrected chi connectivity index (χ2v) is 9.40. The number of rotatable bonds is 6. The largest absolute Gasteiger partial charge is 0.501 e. The van der Waals surface area contributed by atoms with Crippen LogP contribution >= 0.6 is 0 Å². The summed E-state index contributed by atoms with van der Waals surface area (Å²) in [5, 5.41) is 0. The lowest BCUT2D eigenvalue weighted by Gasteiger charge is -2.36. The van der Waals surface area contributed by atoms with Gasteiger partial charge in [-0.3, -0.25) is 4.98 Å². The molecule has 0 spiro atoms. The highest BCUT2D eigenvalue weighted by Crippen LogP contribution is 2.32. The van der Waals surface area contributed by atoms with Gasteiger partial charge in [-0.2, -0.15) is 13.2 Å². The Kier molecular flexibility index (Phi) is 6.48. The second kappa shape index (κ2) is 8.71. The third-order valence-corrected chi connectivity index (χ3v) is 6.58. The summed E-state index contributed by atoms with van der Waals surface area (Å²) in [6.07, 6.45) is 5.65. The van der Waals surface area contributed by atoms with Gasteiger partial charge in [0.25, 0.3) is 9.84 Å². The molecule has 0 aliphatic carbocycles. The molecule has 5 nitrogen and oxygen atoms in total. The summed E-state index contributed by atoms with van der Waals surface area (Å²) < 4.78 is 61.1. The van der Waals surface area contributed by atoms with Gasteiger partial charge in [-0.25, -0.2) is 8.42 Å². The van der Waals surface area contributed by atoms with Crippen molar-refractivity contribution in [2.45, 2.75) is 29.8 Å². The van der Waals surface area contributed by atoms with Crippen LogP contribution in [0.25, 0.3) is 0 Å². The van der Waals surface area contributed by atoms with Gasteiger partial charge in [0.05, 0.1) is 4.90 Å². The molecule has 0 unspecified atom stereocenters. The molecule has 1 aliphatic rings. The number of hydrogen-bond donors (Lipinski definition) is 0. The topological polar surface area (TPSA) is 53.5 Å². The van der Waals surface area contributed by atoms with Crippen LogP contribution in [0.4, 0.5) is 18.9 Å². The molecule has 1 atom stereocenters. The van der Waals surface area contributed by atoms with Crippen LogP contribution in [0.2, 0.25) is 0 Å². The first kappa shape index (κ1) is 21.6. The number of hydrogen-bond acceptors (Lipinski definition) is 5. The monoisotopic (exact) mass is 427 g/mol. The molecule has 158 valence electrons. The zero-order valence-corrected chi connectivity index (χ0v) is 17.0. The summed E-state index contributed by atoms with van der Waals surface area (Å²) in [7, 11) is -3.25. The van der Waals surface area contributed by atoms with Crippen LogP contribution < -0.4 is 4.90 Å². The van der Waals surface area contributed by atoms with Crippen LogP contribution in [0.1, 0.15) is 18.4 Å². The first-order valence-electron chi connectivity index (χ1n) is 9.40. The van der Waals surface area contributed by atoms with Crippen molar-refractivity contribution >= 4 is 15.5 Å². The lowest BCUT2D eigenvalue weighted by Crippen LogP contribution is -2.40. The minimum Gasteiger partial charge on any atom is -0.371 e. The van der Waals surface area contributed by atoms with E-state index in [0.29, 0.717) is 5.92 Å². The Labute approximate surface area is 169 Å². The van der Waals surface area contributed by atoms with Gasteiger partial charge in [-0.15, -0.1) is 0 Å². The number of pyridine rings is 1. The molecule has 1 saturated heterocycles. The average molecular weight is 427 g/mol. The molecule has 2 heterocycles. The van der Waals surface area contributed by atoms with Crippen LogP contribution in [0.15, 0.2) is 53.7 Å². The van der Waals surface area contributed by atoms with Crippen molar-refractivity contribution < 1.29 is 21.6 Å². The van der Waals surface area contributed by atoms with Gasteiger partial charge in [-0.1, -0.05) is 6.07 Å². The normalized spacial score (nSPS) is 18.2. The molecule has 0 bridgehead atoms. The van der Waals surface area contributed by atoms with Crippen molar-refractivity contribution in [3.8, 4) is 0 Å². The zero-order chi connectivity index (χ0) is 21.1. The van der Waals surface area contributed by atoms with Gasteiger partial charge in [0.2, 0.25) is 0 Å². The maximum Gasteiger partial charge on any atom is 0.501 e. The number of benzene rings is 1. The van der Waals surface area contributed by atoms with Crippen LogP contribution in [0.3, 0.4) is 0 Å². The molecule has 0 saturated carbocycles. The van der Waals surface area contributed by atoms with Crippen LogP contribution in [-0.4, -0.2) is 50.5 Å². The Morgan fingerprint density at radius 1 is 1.21 bits per heavy atom. The number of halogens is 3. The van der Waals surface area contributed by atoms with E-state index in [2.05, 4.69) is 21.8 Å². The number of nitrogens with zero attached hydrogens (tertiary/aromatic N) is 3. The number of anilines is 1. The van der Waals surface area contributed by atoms with E-state index < -0.39 is 20.2 Å². The van der Waals surface area contributed by atoms with Gasteiger partial charge in [0, 0.05) is 44.3 Å². The standard InChI is InChI=1S/C20H24F3N3O2S/c1-25(13-16-4-2-10-24-12-16)14-17-5-3-11-26(15-17)18-6-8-19(9-7-18)29(27,28)20(21,22)23/h2,4,6-10,12,17H,3,5,11,13-15H2,1H3/t17-/m1/s1. The fraction of sp³-hybridized carbons (Fsp3) is 0.450. The molecule has 0 N–H and O–H groups in total. The maximum absolute atomic E-state index is 12.7. The quantitative estimate of drug-likeness (QED) is 0.703. The summed E-state index contributed by atoms with van der Waals surface area (Å²) in [4.78, 5) is 7.75. The zero-order valence-electron chi connectivity index (χ0n) is 16.1. The van der Waals surface area contributed by atoms with Gasteiger partial charge >= 0.3 is 5.51 Å². The molecule has 0 amide bonds. The van der Waals surface area contributed by atoms with E-state index in [9.17, 15) is 21.6 Å².